The van der Waals surface area contributed by atoms with Gasteiger partial charge in [0, 0.05) is 62.0 Å². The molecule has 2 aromatic heterocycles. The minimum atomic E-state index is -0.177. The number of hydrogen-bond acceptors (Lipinski definition) is 4. The van der Waals surface area contributed by atoms with Gasteiger partial charge in [-0.1, -0.05) is 104 Å². The van der Waals surface area contributed by atoms with Crippen LogP contribution in [-0.2, 0) is 36.7 Å². The van der Waals surface area contributed by atoms with E-state index in [1.807, 2.05) is 46.3 Å². The van der Waals surface area contributed by atoms with Crippen LogP contribution < -0.4 is 0 Å². The number of ketones is 1. The van der Waals surface area contributed by atoms with E-state index in [0.717, 1.165) is 43.4 Å². The molecule has 2 heterocycles. The number of carbonyl (C=O) groups excluding carboxylic acids is 1. The van der Waals surface area contributed by atoms with E-state index in [2.05, 4.69) is 76.9 Å². The van der Waals surface area contributed by atoms with Crippen LogP contribution in [0.25, 0.3) is 32.8 Å². The summed E-state index contributed by atoms with van der Waals surface area (Å²) in [5.74, 6) is 0.547. The van der Waals surface area contributed by atoms with Crippen LogP contribution in [0.5, 0.6) is 0 Å². The molecule has 1 N–H and O–H groups in total. The van der Waals surface area contributed by atoms with Gasteiger partial charge in [-0.25, -0.2) is 0 Å². The fourth-order valence-corrected chi connectivity index (χ4v) is 6.74. The minimum absolute atomic E-state index is 0. The van der Waals surface area contributed by atoms with Gasteiger partial charge in [0.15, 0.2) is 5.78 Å². The number of benzene rings is 2. The number of pyridine rings is 2. The largest absolute Gasteiger partial charge is 0.512 e. The minimum Gasteiger partial charge on any atom is -0.512 e. The third-order valence-corrected chi connectivity index (χ3v) is 9.36. The maximum absolute atomic E-state index is 11.7. The standard InChI is InChI=1S/C27H27N2.C13H24O2.Ir/c1-16-7-10-19-23-21(16)14-28-15-22(23)27(5,6)24-20-11-17(12-26(2,3)4)8-9-18(20)13-29-25(19)24;1-5-10(6-2)12(14)9-13(15)11(7-3)8-4;/h7-9,11,13-15H,12H2,1-6H3;9-11,14H,5-8H2,1-4H3;/q-1;;/b;12-9-;. The maximum Gasteiger partial charge on any atom is 0.162 e. The summed E-state index contributed by atoms with van der Waals surface area (Å²) in [6.45, 7) is 21.7. The van der Waals surface area contributed by atoms with Gasteiger partial charge in [-0.15, -0.1) is 23.3 Å². The molecule has 0 amide bonds. The smallest absolute Gasteiger partial charge is 0.162 e. The molecule has 0 spiro atoms. The number of rotatable bonds is 8. The Labute approximate surface area is 284 Å². The van der Waals surface area contributed by atoms with E-state index in [4.69, 9.17) is 4.98 Å². The Morgan fingerprint density at radius 1 is 0.978 bits per heavy atom. The van der Waals surface area contributed by atoms with Crippen LogP contribution in [0, 0.1) is 30.2 Å². The van der Waals surface area contributed by atoms with E-state index in [0.29, 0.717) is 0 Å². The van der Waals surface area contributed by atoms with E-state index < -0.39 is 0 Å². The van der Waals surface area contributed by atoms with Gasteiger partial charge in [-0.3, -0.25) is 9.78 Å². The van der Waals surface area contributed by atoms with E-state index in [1.54, 1.807) is 0 Å². The molecule has 5 rings (SSSR count). The Morgan fingerprint density at radius 2 is 1.62 bits per heavy atom. The molecule has 4 aromatic rings. The van der Waals surface area contributed by atoms with Crippen molar-refractivity contribution in [3.8, 4) is 11.3 Å². The summed E-state index contributed by atoms with van der Waals surface area (Å²) in [6, 6.07) is 12.5. The molecule has 0 bridgehead atoms. The molecule has 0 aliphatic heterocycles. The molecule has 1 aliphatic carbocycles. The van der Waals surface area contributed by atoms with Gasteiger partial charge in [-0.05, 0) is 65.1 Å². The second-order valence-electron chi connectivity index (χ2n) is 14.2. The fourth-order valence-electron chi connectivity index (χ4n) is 6.74. The molecule has 4 nitrogen and oxygen atoms in total. The molecule has 5 heteroatoms. The number of carbonyl (C=O) groups is 1. The van der Waals surface area contributed by atoms with Crippen molar-refractivity contribution in [2.24, 2.45) is 17.3 Å². The fraction of sp³-hybridized carbons (Fsp3) is 0.475. The number of aliphatic hydroxyl groups is 1. The number of aryl methyl sites for hydroxylation is 1. The predicted octanol–water partition coefficient (Wildman–Crippen LogP) is 10.7. The second-order valence-corrected chi connectivity index (χ2v) is 14.2. The van der Waals surface area contributed by atoms with Gasteiger partial charge in [0.2, 0.25) is 0 Å². The normalized spacial score (nSPS) is 13.8. The zero-order valence-corrected chi connectivity index (χ0v) is 31.3. The van der Waals surface area contributed by atoms with Gasteiger partial charge in [-0.2, -0.15) is 0 Å². The third kappa shape index (κ3) is 7.58. The average molecular weight is 784 g/mol. The second kappa shape index (κ2) is 14.7. The van der Waals surface area contributed by atoms with Crippen LogP contribution in [0.4, 0.5) is 0 Å². The molecular weight excluding hydrogens is 733 g/mol. The molecule has 2 aromatic carbocycles. The van der Waals surface area contributed by atoms with Crippen molar-refractivity contribution in [3.63, 3.8) is 0 Å². The first-order chi connectivity index (χ1) is 20.8. The van der Waals surface area contributed by atoms with Crippen molar-refractivity contribution in [1.82, 2.24) is 9.97 Å². The van der Waals surface area contributed by atoms with Gasteiger partial charge >= 0.3 is 0 Å². The summed E-state index contributed by atoms with van der Waals surface area (Å²) in [6.07, 6.45) is 12.0. The molecule has 243 valence electrons. The quantitative estimate of drug-likeness (QED) is 0.110. The SMILES string of the molecule is CCC(CC)C(=O)/C=C(\O)C(CC)CC.Cc1c[c-]c2c3c(cncc13)C(C)(C)c1c-2ncc2ccc(CC(C)(C)C)cc12.[Ir]. The molecule has 45 heavy (non-hydrogen) atoms. The van der Waals surface area contributed by atoms with Crippen molar-refractivity contribution in [2.45, 2.75) is 107 Å². The Kier molecular flexibility index (Phi) is 11.9. The molecule has 1 radical (unpaired) electrons. The molecule has 0 saturated carbocycles. The topological polar surface area (TPSA) is 63.1 Å². The monoisotopic (exact) mass is 784 g/mol. The zero-order valence-electron chi connectivity index (χ0n) is 28.9. The van der Waals surface area contributed by atoms with Gasteiger partial charge in [0.25, 0.3) is 0 Å². The van der Waals surface area contributed by atoms with Gasteiger partial charge in [0.1, 0.15) is 0 Å². The number of allylic oxidation sites excluding steroid dienone is 2. The van der Waals surface area contributed by atoms with Gasteiger partial charge in [0.05, 0.1) is 5.76 Å². The number of nitrogens with zero attached hydrogens (tertiary/aromatic N) is 2. The van der Waals surface area contributed by atoms with Crippen molar-refractivity contribution in [3.05, 3.63) is 83.0 Å². The van der Waals surface area contributed by atoms with E-state index in [1.165, 1.54) is 49.9 Å². The summed E-state index contributed by atoms with van der Waals surface area (Å²) in [7, 11) is 0. The molecule has 0 saturated heterocycles. The Balaban J connectivity index is 0.000000297. The summed E-state index contributed by atoms with van der Waals surface area (Å²) >= 11 is 0. The van der Waals surface area contributed by atoms with Crippen LogP contribution in [0.2, 0.25) is 0 Å². The van der Waals surface area contributed by atoms with Crippen LogP contribution in [-0.4, -0.2) is 20.9 Å². The van der Waals surface area contributed by atoms with E-state index in [9.17, 15) is 9.90 Å². The predicted molar refractivity (Wildman–Crippen MR) is 185 cm³/mol. The Bertz CT molecular complexity index is 1690. The molecule has 0 fully saturated rings. The van der Waals surface area contributed by atoms with Crippen LogP contribution in [0.3, 0.4) is 0 Å². The number of aliphatic hydroxyl groups excluding tert-OH is 1. The molecule has 1 aliphatic rings. The van der Waals surface area contributed by atoms with E-state index >= 15 is 0 Å². The maximum atomic E-state index is 11.7. The number of hydrogen-bond donors (Lipinski definition) is 1. The van der Waals surface area contributed by atoms with Crippen molar-refractivity contribution >= 4 is 27.3 Å². The summed E-state index contributed by atoms with van der Waals surface area (Å²) < 4.78 is 0. The summed E-state index contributed by atoms with van der Waals surface area (Å²) in [5.41, 5.74) is 7.42. The Hall–Kier alpha value is -2.88. The zero-order chi connectivity index (χ0) is 32.4. The van der Waals surface area contributed by atoms with Crippen LogP contribution >= 0.6 is 0 Å². The molecular formula is C40H51IrN2O2-. The first-order valence-corrected chi connectivity index (χ1v) is 16.4. The molecule has 0 unspecified atom stereocenters. The van der Waals surface area contributed by atoms with Crippen molar-refractivity contribution < 1.29 is 30.0 Å². The average Bonchev–Trinajstić information content (AvgIpc) is 2.97. The first-order valence-electron chi connectivity index (χ1n) is 16.4. The summed E-state index contributed by atoms with van der Waals surface area (Å²) in [5, 5.41) is 14.7. The Morgan fingerprint density at radius 3 is 2.22 bits per heavy atom. The molecule has 0 atom stereocenters. The number of aromatic nitrogens is 2. The van der Waals surface area contributed by atoms with Crippen LogP contribution in [0.1, 0.15) is 110 Å². The third-order valence-electron chi connectivity index (χ3n) is 9.36. The van der Waals surface area contributed by atoms with Crippen molar-refractivity contribution in [1.29, 1.82) is 0 Å². The van der Waals surface area contributed by atoms with Crippen molar-refractivity contribution in [2.75, 3.05) is 0 Å². The van der Waals surface area contributed by atoms with E-state index in [-0.39, 0.29) is 54.3 Å². The number of fused-ring (bicyclic) bond motifs is 4. The van der Waals surface area contributed by atoms with Crippen LogP contribution in [0.15, 0.2) is 54.7 Å². The first kappa shape index (κ1) is 36.6. The van der Waals surface area contributed by atoms with Gasteiger partial charge < -0.3 is 10.1 Å². The summed E-state index contributed by atoms with van der Waals surface area (Å²) in [4.78, 5) is 21.3.